The van der Waals surface area contributed by atoms with Crippen LogP contribution < -0.4 is 17.0 Å². The third-order valence-corrected chi connectivity index (χ3v) is 1.20. The maximum absolute atomic E-state index is 8.99. The van der Waals surface area contributed by atoms with Crippen LogP contribution in [-0.2, 0) is 0 Å². The van der Waals surface area contributed by atoms with Crippen LogP contribution in [0.4, 0.5) is 11.8 Å². The minimum Gasteiger partial charge on any atom is -0.424 e. The summed E-state index contributed by atoms with van der Waals surface area (Å²) in [5.74, 6) is 0.0312. The summed E-state index contributed by atoms with van der Waals surface area (Å²) in [5.41, 5.74) is 11.0. The maximum Gasteiger partial charge on any atom is 0.238 e. The Morgan fingerprint density at radius 3 is 2.73 bits per heavy atom. The quantitative estimate of drug-likeness (QED) is 0.410. The lowest BCUT2D eigenvalue weighted by Crippen LogP contribution is -2.18. The van der Waals surface area contributed by atoms with Gasteiger partial charge in [0.2, 0.25) is 5.95 Å². The van der Waals surface area contributed by atoms with Crippen molar-refractivity contribution in [2.24, 2.45) is 4.99 Å². The van der Waals surface area contributed by atoms with Crippen molar-refractivity contribution in [1.82, 2.24) is 9.71 Å². The molecule has 60 valence electrons. The molecule has 0 spiro atoms. The molecule has 0 saturated carbocycles. The van der Waals surface area contributed by atoms with Gasteiger partial charge >= 0.3 is 0 Å². The standard InChI is InChI=1S/C5H9N5O/c1-8-4-2-3(6)10(11)5(7)9-4/h2,11H,6H2,1H3,(H2,7,8,9). The molecule has 0 atom stereocenters. The number of rotatable bonds is 0. The molecule has 0 amide bonds. The van der Waals surface area contributed by atoms with Crippen LogP contribution in [0.5, 0.6) is 0 Å². The van der Waals surface area contributed by atoms with E-state index in [4.69, 9.17) is 16.7 Å². The van der Waals surface area contributed by atoms with Gasteiger partial charge in [-0.1, -0.05) is 0 Å². The lowest BCUT2D eigenvalue weighted by molar-refractivity contribution is 0.194. The van der Waals surface area contributed by atoms with Crippen LogP contribution in [-0.4, -0.2) is 22.0 Å². The minimum absolute atomic E-state index is 0.0781. The third kappa shape index (κ3) is 1.23. The molecular weight excluding hydrogens is 146 g/mol. The van der Waals surface area contributed by atoms with Crippen molar-refractivity contribution in [2.75, 3.05) is 18.5 Å². The topological polar surface area (TPSA) is 102 Å². The van der Waals surface area contributed by atoms with Gasteiger partial charge in [0.05, 0.1) is 0 Å². The van der Waals surface area contributed by atoms with E-state index in [9.17, 15) is 0 Å². The molecule has 0 radical (unpaired) electrons. The molecule has 0 fully saturated rings. The van der Waals surface area contributed by atoms with E-state index in [0.29, 0.717) is 10.2 Å². The number of hydrogen-bond donors (Lipinski definition) is 3. The molecule has 1 aromatic heterocycles. The summed E-state index contributed by atoms with van der Waals surface area (Å²) in [5, 5.41) is 8.99. The van der Waals surface area contributed by atoms with E-state index in [2.05, 4.69) is 9.98 Å². The molecule has 0 aromatic carbocycles. The van der Waals surface area contributed by atoms with E-state index in [1.54, 1.807) is 7.05 Å². The highest BCUT2D eigenvalue weighted by atomic mass is 16.5. The average molecular weight is 155 g/mol. The van der Waals surface area contributed by atoms with Crippen LogP contribution >= 0.6 is 0 Å². The lowest BCUT2D eigenvalue weighted by Gasteiger charge is -2.02. The van der Waals surface area contributed by atoms with Crippen LogP contribution in [0.25, 0.3) is 0 Å². The smallest absolute Gasteiger partial charge is 0.238 e. The Morgan fingerprint density at radius 2 is 2.27 bits per heavy atom. The van der Waals surface area contributed by atoms with E-state index in [1.165, 1.54) is 6.07 Å². The van der Waals surface area contributed by atoms with Crippen LogP contribution in [0.15, 0.2) is 11.1 Å². The fourth-order valence-electron chi connectivity index (χ4n) is 0.637. The molecular formula is C5H9N5O. The largest absolute Gasteiger partial charge is 0.424 e. The Hall–Kier alpha value is -1.72. The summed E-state index contributed by atoms with van der Waals surface area (Å²) in [7, 11) is 1.56. The summed E-state index contributed by atoms with van der Waals surface area (Å²) >= 11 is 0. The Labute approximate surface area is 62.8 Å². The maximum atomic E-state index is 8.99. The van der Waals surface area contributed by atoms with Crippen molar-refractivity contribution in [3.63, 3.8) is 0 Å². The molecule has 0 aliphatic rings. The first-order chi connectivity index (χ1) is 5.15. The number of anilines is 2. The zero-order valence-corrected chi connectivity index (χ0v) is 6.02. The number of nitrogens with two attached hydrogens (primary N) is 2. The number of aromatic nitrogens is 2. The van der Waals surface area contributed by atoms with Gasteiger partial charge in [0.25, 0.3) is 0 Å². The zero-order valence-electron chi connectivity index (χ0n) is 6.02. The van der Waals surface area contributed by atoms with E-state index in [1.807, 2.05) is 0 Å². The molecule has 1 rings (SSSR count). The molecule has 0 unspecified atom stereocenters. The second-order valence-electron chi connectivity index (χ2n) is 1.93. The highest BCUT2D eigenvalue weighted by molar-refractivity contribution is 5.33. The van der Waals surface area contributed by atoms with Gasteiger partial charge in [-0.05, 0) is 0 Å². The Kier molecular flexibility index (Phi) is 1.67. The van der Waals surface area contributed by atoms with Gasteiger partial charge < -0.3 is 16.7 Å². The minimum atomic E-state index is -0.0781. The van der Waals surface area contributed by atoms with Gasteiger partial charge in [0.1, 0.15) is 5.82 Å². The van der Waals surface area contributed by atoms with Crippen LogP contribution in [0.2, 0.25) is 0 Å². The molecule has 0 aliphatic heterocycles. The second-order valence-corrected chi connectivity index (χ2v) is 1.93. The van der Waals surface area contributed by atoms with Gasteiger partial charge in [0.15, 0.2) is 5.49 Å². The first kappa shape index (κ1) is 7.39. The average Bonchev–Trinajstić information content (AvgIpc) is 1.99. The monoisotopic (exact) mass is 155 g/mol. The first-order valence-corrected chi connectivity index (χ1v) is 2.92. The highest BCUT2D eigenvalue weighted by Gasteiger charge is 1.98. The molecule has 0 aliphatic carbocycles. The van der Waals surface area contributed by atoms with E-state index in [0.717, 1.165) is 0 Å². The first-order valence-electron chi connectivity index (χ1n) is 2.92. The van der Waals surface area contributed by atoms with Crippen molar-refractivity contribution in [1.29, 1.82) is 0 Å². The Morgan fingerprint density at radius 1 is 1.64 bits per heavy atom. The van der Waals surface area contributed by atoms with E-state index >= 15 is 0 Å². The van der Waals surface area contributed by atoms with Crippen molar-refractivity contribution in [3.05, 3.63) is 11.6 Å². The summed E-state index contributed by atoms with van der Waals surface area (Å²) in [6, 6.07) is 1.41. The molecule has 0 saturated heterocycles. The molecule has 0 bridgehead atoms. The predicted molar refractivity (Wildman–Crippen MR) is 39.7 cm³/mol. The number of hydrogen-bond acceptors (Lipinski definition) is 5. The summed E-state index contributed by atoms with van der Waals surface area (Å²) < 4.78 is 0.592. The van der Waals surface area contributed by atoms with Crippen LogP contribution in [0.3, 0.4) is 0 Å². The van der Waals surface area contributed by atoms with Gasteiger partial charge in [-0.25, -0.2) is 0 Å². The van der Waals surface area contributed by atoms with Crippen molar-refractivity contribution >= 4 is 11.8 Å². The van der Waals surface area contributed by atoms with E-state index in [-0.39, 0.29) is 11.8 Å². The molecule has 6 nitrogen and oxygen atoms in total. The van der Waals surface area contributed by atoms with Gasteiger partial charge in [-0.2, -0.15) is 4.98 Å². The normalized spacial score (nSPS) is 11.9. The van der Waals surface area contributed by atoms with E-state index < -0.39 is 0 Å². The molecule has 11 heavy (non-hydrogen) atoms. The fourth-order valence-corrected chi connectivity index (χ4v) is 0.637. The zero-order chi connectivity index (χ0) is 8.43. The third-order valence-electron chi connectivity index (χ3n) is 1.20. The number of nitrogen functional groups attached to an aromatic ring is 2. The van der Waals surface area contributed by atoms with Gasteiger partial charge in [-0.15, -0.1) is 4.73 Å². The van der Waals surface area contributed by atoms with Crippen LogP contribution in [0, 0.1) is 0 Å². The Bertz CT molecular complexity index is 302. The molecule has 1 aromatic rings. The molecule has 1 heterocycles. The summed E-state index contributed by atoms with van der Waals surface area (Å²) in [6.07, 6.45) is 0. The van der Waals surface area contributed by atoms with Gasteiger partial charge in [-0.3, -0.25) is 4.99 Å². The predicted octanol–water partition coefficient (Wildman–Crippen LogP) is -1.18. The molecule has 6 heteroatoms. The summed E-state index contributed by atoms with van der Waals surface area (Å²) in [4.78, 5) is 7.43. The second kappa shape index (κ2) is 2.49. The van der Waals surface area contributed by atoms with Crippen molar-refractivity contribution in [3.8, 4) is 0 Å². The van der Waals surface area contributed by atoms with Gasteiger partial charge in [0, 0.05) is 13.1 Å². The van der Waals surface area contributed by atoms with Crippen LogP contribution in [0.1, 0.15) is 0 Å². The summed E-state index contributed by atoms with van der Waals surface area (Å²) in [6.45, 7) is 0. The Balaban J connectivity index is 3.45. The molecule has 5 N–H and O–H groups in total. The lowest BCUT2D eigenvalue weighted by atomic mass is 10.6. The highest BCUT2D eigenvalue weighted by Crippen LogP contribution is 1.98. The fraction of sp³-hybridized carbons (Fsp3) is 0.200. The SMILES string of the molecule is CN=c1cc(N)n(O)c(N)n1. The number of nitrogens with zero attached hydrogens (tertiary/aromatic N) is 3. The van der Waals surface area contributed by atoms with Crippen molar-refractivity contribution < 1.29 is 5.21 Å². The van der Waals surface area contributed by atoms with Crippen molar-refractivity contribution in [2.45, 2.75) is 0 Å².